The molecule has 0 atom stereocenters. The van der Waals surface area contributed by atoms with Gasteiger partial charge < -0.3 is 9.13 Å². The van der Waals surface area contributed by atoms with Crippen LogP contribution in [0.3, 0.4) is 0 Å². The summed E-state index contributed by atoms with van der Waals surface area (Å²) in [6.07, 6.45) is 4.00. The van der Waals surface area contributed by atoms with Gasteiger partial charge in [0.1, 0.15) is 0 Å². The third kappa shape index (κ3) is 4.98. The lowest BCUT2D eigenvalue weighted by Crippen LogP contribution is -1.96. The van der Waals surface area contributed by atoms with Crippen LogP contribution in [0, 0.1) is 0 Å². The molecule has 9 aromatic carbocycles. The monoisotopic (exact) mass is 770 g/mol. The van der Waals surface area contributed by atoms with Crippen molar-refractivity contribution < 1.29 is 0 Å². The summed E-state index contributed by atoms with van der Waals surface area (Å²) in [5, 5.41) is 10.4. The van der Waals surface area contributed by atoms with Crippen LogP contribution in [0.1, 0.15) is 13.8 Å². The number of hydrogen-bond acceptors (Lipinski definition) is 1. The van der Waals surface area contributed by atoms with E-state index in [4.69, 9.17) is 0 Å². The number of hydrogen-bond donors (Lipinski definition) is 0. The maximum absolute atomic E-state index is 2.52. The Bertz CT molecular complexity index is 3680. The van der Waals surface area contributed by atoms with Crippen molar-refractivity contribution in [3.05, 3.63) is 194 Å². The Labute approximate surface area is 346 Å². The van der Waals surface area contributed by atoms with Crippen molar-refractivity contribution in [2.75, 3.05) is 0 Å². The predicted octanol–water partition coefficient (Wildman–Crippen LogP) is 16.3. The number of para-hydroxylation sites is 2. The van der Waals surface area contributed by atoms with Crippen molar-refractivity contribution >= 4 is 85.9 Å². The largest absolute Gasteiger partial charge is 0.309 e. The van der Waals surface area contributed by atoms with Gasteiger partial charge in [-0.3, -0.25) is 0 Å². The van der Waals surface area contributed by atoms with Crippen molar-refractivity contribution in [2.45, 2.75) is 13.8 Å². The Kier molecular flexibility index (Phi) is 7.57. The van der Waals surface area contributed by atoms with Crippen LogP contribution >= 0.6 is 11.3 Å². The van der Waals surface area contributed by atoms with E-state index in [1.165, 1.54) is 114 Å². The minimum atomic E-state index is 1.16. The lowest BCUT2D eigenvalue weighted by Gasteiger charge is -2.11. The maximum atomic E-state index is 2.52. The van der Waals surface area contributed by atoms with Crippen LogP contribution in [0.15, 0.2) is 194 Å². The molecule has 0 radical (unpaired) electrons. The van der Waals surface area contributed by atoms with Gasteiger partial charge in [0.2, 0.25) is 0 Å². The molecule has 0 unspecified atom stereocenters. The Hall–Kier alpha value is -7.20. The zero-order valence-corrected chi connectivity index (χ0v) is 33.6. The van der Waals surface area contributed by atoms with E-state index in [0.29, 0.717) is 0 Å². The minimum absolute atomic E-state index is 1.16. The summed E-state index contributed by atoms with van der Waals surface area (Å²) < 4.78 is 7.58. The molecule has 0 N–H and O–H groups in total. The summed E-state index contributed by atoms with van der Waals surface area (Å²) in [5.74, 6) is 0. The fourth-order valence-electron chi connectivity index (χ4n) is 9.70. The van der Waals surface area contributed by atoms with Crippen molar-refractivity contribution in [3.63, 3.8) is 0 Å². The first kappa shape index (κ1) is 33.9. The standard InChI is InChI=1S/C52H30N2S.C4H8/c1-2-11-33(12-3-1)53-45-19-8-6-15-37(45)41-29-34(23-25-46(41)53)54-47-24-21-31(32-22-26-50-42(27-32)38-16-7-9-20-49(38)55-50)28-44(47)52-40-18-10-17-39-35-13-4-5-14-36(35)43(51(39)40)30-48(52)54;1-3-4-2/h1-30H;3-4H,1-2H3/b;4-3-. The van der Waals surface area contributed by atoms with Gasteiger partial charge in [-0.15, -0.1) is 11.3 Å². The highest BCUT2D eigenvalue weighted by molar-refractivity contribution is 7.25. The summed E-state index contributed by atoms with van der Waals surface area (Å²) in [6, 6.07) is 67.7. The third-order valence-electron chi connectivity index (χ3n) is 12.4. The Morgan fingerprint density at radius 2 is 0.932 bits per heavy atom. The van der Waals surface area contributed by atoms with Gasteiger partial charge in [-0.25, -0.2) is 0 Å². The van der Waals surface area contributed by atoms with Crippen LogP contribution in [0.5, 0.6) is 0 Å². The third-order valence-corrected chi connectivity index (χ3v) is 13.5. The quantitative estimate of drug-likeness (QED) is 0.158. The van der Waals surface area contributed by atoms with E-state index in [9.17, 15) is 0 Å². The molecule has 0 bridgehead atoms. The van der Waals surface area contributed by atoms with Gasteiger partial charge in [-0.05, 0) is 131 Å². The van der Waals surface area contributed by atoms with Gasteiger partial charge in [0.05, 0.1) is 22.1 Å². The Balaban J connectivity index is 0.000000905. The smallest absolute Gasteiger partial charge is 0.0553 e. The van der Waals surface area contributed by atoms with Gasteiger partial charge >= 0.3 is 0 Å². The molecule has 3 heterocycles. The first-order valence-electron chi connectivity index (χ1n) is 20.4. The van der Waals surface area contributed by atoms with E-state index >= 15 is 0 Å². The normalized spacial score (nSPS) is 12.2. The first-order chi connectivity index (χ1) is 29.2. The number of benzene rings is 9. The number of thiophene rings is 1. The SMILES string of the molecule is C/C=C\C.c1ccc(-n2c3ccccc3c3cc(-n4c5ccc(-c6ccc7sc8ccccc8c7c6)cc5c5c6cccc7c6c(cc54)-c4ccccc4-7)ccc32)cc1. The fraction of sp³-hybridized carbons (Fsp3) is 0.0357. The Morgan fingerprint density at radius 1 is 0.339 bits per heavy atom. The number of nitrogens with zero attached hydrogens (tertiary/aromatic N) is 2. The van der Waals surface area contributed by atoms with Crippen molar-refractivity contribution in [1.82, 2.24) is 9.13 Å². The highest BCUT2D eigenvalue weighted by Gasteiger charge is 2.26. The van der Waals surface area contributed by atoms with Crippen LogP contribution in [-0.2, 0) is 0 Å². The second-order valence-corrected chi connectivity index (χ2v) is 16.6. The molecule has 0 amide bonds. The summed E-state index contributed by atoms with van der Waals surface area (Å²) in [7, 11) is 0. The molecule has 278 valence electrons. The topological polar surface area (TPSA) is 9.86 Å². The molecule has 0 fully saturated rings. The molecule has 0 spiro atoms. The van der Waals surface area contributed by atoms with E-state index in [-0.39, 0.29) is 0 Å². The minimum Gasteiger partial charge on any atom is -0.309 e. The molecule has 1 aliphatic carbocycles. The van der Waals surface area contributed by atoms with Gasteiger partial charge in [0.25, 0.3) is 0 Å². The second-order valence-electron chi connectivity index (χ2n) is 15.5. The number of aromatic nitrogens is 2. The van der Waals surface area contributed by atoms with E-state index in [1.807, 2.05) is 37.3 Å². The average Bonchev–Trinajstić information content (AvgIpc) is 4.03. The van der Waals surface area contributed by atoms with Crippen molar-refractivity contribution in [1.29, 1.82) is 0 Å². The molecule has 12 aromatic rings. The van der Waals surface area contributed by atoms with Crippen molar-refractivity contribution in [2.24, 2.45) is 0 Å². The van der Waals surface area contributed by atoms with Gasteiger partial charge in [-0.2, -0.15) is 0 Å². The molecule has 59 heavy (non-hydrogen) atoms. The van der Waals surface area contributed by atoms with E-state index in [0.717, 1.165) is 5.69 Å². The Morgan fingerprint density at radius 3 is 1.76 bits per heavy atom. The van der Waals surface area contributed by atoms with Crippen molar-refractivity contribution in [3.8, 4) is 44.8 Å². The molecule has 0 saturated heterocycles. The number of rotatable bonds is 3. The molecule has 3 aromatic heterocycles. The van der Waals surface area contributed by atoms with Crippen LogP contribution in [0.25, 0.3) is 119 Å². The van der Waals surface area contributed by atoms with Crippen LogP contribution in [0.2, 0.25) is 0 Å². The van der Waals surface area contributed by atoms with Crippen LogP contribution in [-0.4, -0.2) is 9.13 Å². The van der Waals surface area contributed by atoms with Gasteiger partial charge in [0, 0.05) is 53.1 Å². The summed E-state index contributed by atoms with van der Waals surface area (Å²) in [6.45, 7) is 4.00. The fourth-order valence-corrected chi connectivity index (χ4v) is 10.8. The maximum Gasteiger partial charge on any atom is 0.0553 e. The molecular formula is C56H38N2S. The molecule has 0 saturated carbocycles. The molecule has 13 rings (SSSR count). The number of allylic oxidation sites excluding steroid dienone is 2. The summed E-state index contributed by atoms with van der Waals surface area (Å²) >= 11 is 1.87. The highest BCUT2D eigenvalue weighted by Crippen LogP contribution is 2.51. The zero-order chi connectivity index (χ0) is 39.2. The van der Waals surface area contributed by atoms with E-state index < -0.39 is 0 Å². The molecular weight excluding hydrogens is 733 g/mol. The highest BCUT2D eigenvalue weighted by atomic mass is 32.1. The lowest BCUT2D eigenvalue weighted by molar-refractivity contribution is 1.17. The number of fused-ring (bicyclic) bond motifs is 13. The molecule has 3 heteroatoms. The second kappa shape index (κ2) is 13.2. The van der Waals surface area contributed by atoms with E-state index in [2.05, 4.69) is 191 Å². The average molecular weight is 771 g/mol. The molecule has 1 aliphatic rings. The summed E-state index contributed by atoms with van der Waals surface area (Å²) in [5.41, 5.74) is 14.9. The van der Waals surface area contributed by atoms with Crippen LogP contribution < -0.4 is 0 Å². The lowest BCUT2D eigenvalue weighted by atomic mass is 9.96. The molecule has 0 aliphatic heterocycles. The van der Waals surface area contributed by atoms with E-state index in [1.54, 1.807) is 0 Å². The predicted molar refractivity (Wildman–Crippen MR) is 256 cm³/mol. The van der Waals surface area contributed by atoms with Crippen LogP contribution in [0.4, 0.5) is 0 Å². The zero-order valence-electron chi connectivity index (χ0n) is 32.8. The summed E-state index contributed by atoms with van der Waals surface area (Å²) in [4.78, 5) is 0. The molecule has 2 nitrogen and oxygen atoms in total. The van der Waals surface area contributed by atoms with Gasteiger partial charge in [-0.1, -0.05) is 121 Å². The van der Waals surface area contributed by atoms with Gasteiger partial charge in [0.15, 0.2) is 0 Å². The first-order valence-corrected chi connectivity index (χ1v) is 21.2.